The first-order chi connectivity index (χ1) is 8.13. The molecular weight excluding hydrogens is 214 g/mol. The van der Waals surface area contributed by atoms with E-state index in [4.69, 9.17) is 5.11 Å². The summed E-state index contributed by atoms with van der Waals surface area (Å²) in [5.41, 5.74) is 3.28. The number of aromatic nitrogens is 1. The summed E-state index contributed by atoms with van der Waals surface area (Å²) in [6.45, 7) is 4.81. The highest BCUT2D eigenvalue weighted by atomic mass is 16.3. The third-order valence-corrected chi connectivity index (χ3v) is 3.07. The number of nitrogens with zero attached hydrogens (tertiary/aromatic N) is 1. The third kappa shape index (κ3) is 2.35. The normalized spacial score (nSPS) is 13.2. The van der Waals surface area contributed by atoms with Gasteiger partial charge in [-0.15, -0.1) is 0 Å². The summed E-state index contributed by atoms with van der Waals surface area (Å²) in [6.07, 6.45) is 2.26. The fourth-order valence-corrected chi connectivity index (χ4v) is 2.20. The maximum Gasteiger partial charge on any atom is 0.0782 e. The molecule has 0 saturated heterocycles. The van der Waals surface area contributed by atoms with Crippen LogP contribution in [0.1, 0.15) is 30.6 Å². The number of hydrogen-bond acceptors (Lipinski definition) is 2. The van der Waals surface area contributed by atoms with Crippen LogP contribution in [0.15, 0.2) is 24.4 Å². The molecule has 1 atom stereocenters. The Bertz CT molecular complexity index is 514. The van der Waals surface area contributed by atoms with E-state index < -0.39 is 6.10 Å². The van der Waals surface area contributed by atoms with Crippen molar-refractivity contribution in [3.8, 4) is 0 Å². The summed E-state index contributed by atoms with van der Waals surface area (Å²) in [5.74, 6) is 0. The van der Waals surface area contributed by atoms with Crippen molar-refractivity contribution in [2.75, 3.05) is 6.61 Å². The lowest BCUT2D eigenvalue weighted by Gasteiger charge is -2.03. The number of benzene rings is 1. The Morgan fingerprint density at radius 3 is 2.76 bits per heavy atom. The van der Waals surface area contributed by atoms with Gasteiger partial charge >= 0.3 is 0 Å². The minimum absolute atomic E-state index is 0.190. The van der Waals surface area contributed by atoms with Crippen molar-refractivity contribution in [2.45, 2.75) is 32.9 Å². The van der Waals surface area contributed by atoms with Crippen LogP contribution < -0.4 is 0 Å². The van der Waals surface area contributed by atoms with Crippen molar-refractivity contribution >= 4 is 10.9 Å². The van der Waals surface area contributed by atoms with Crippen molar-refractivity contribution in [2.24, 2.45) is 0 Å². The predicted molar refractivity (Wildman–Crippen MR) is 69.0 cm³/mol. The predicted octanol–water partition coefficient (Wildman–Crippen LogP) is 2.39. The van der Waals surface area contributed by atoms with Crippen LogP contribution in [0.5, 0.6) is 0 Å². The Morgan fingerprint density at radius 2 is 2.12 bits per heavy atom. The highest BCUT2D eigenvalue weighted by molar-refractivity contribution is 5.85. The van der Waals surface area contributed by atoms with E-state index in [1.807, 2.05) is 6.20 Å². The molecule has 1 aromatic carbocycles. The van der Waals surface area contributed by atoms with E-state index in [1.54, 1.807) is 6.92 Å². The first-order valence-electron chi connectivity index (χ1n) is 6.02. The second kappa shape index (κ2) is 4.90. The van der Waals surface area contributed by atoms with Crippen molar-refractivity contribution in [1.82, 2.24) is 4.57 Å². The highest BCUT2D eigenvalue weighted by Gasteiger charge is 2.12. The SMILES string of the molecule is Cc1ccc2c(c1)c(C(C)O)cn2CCCO. The Labute approximate surface area is 101 Å². The van der Waals surface area contributed by atoms with Crippen molar-refractivity contribution in [3.63, 3.8) is 0 Å². The lowest BCUT2D eigenvalue weighted by molar-refractivity contribution is 0.200. The summed E-state index contributed by atoms with van der Waals surface area (Å²) in [7, 11) is 0. The molecular formula is C14H19NO2. The zero-order chi connectivity index (χ0) is 12.4. The van der Waals surface area contributed by atoms with Gasteiger partial charge in [-0.3, -0.25) is 0 Å². The van der Waals surface area contributed by atoms with Gasteiger partial charge in [0.25, 0.3) is 0 Å². The number of fused-ring (bicyclic) bond motifs is 1. The second-order valence-electron chi connectivity index (χ2n) is 4.55. The molecule has 1 heterocycles. The Hall–Kier alpha value is -1.32. The molecule has 0 spiro atoms. The van der Waals surface area contributed by atoms with Crippen LogP contribution in [0, 0.1) is 6.92 Å². The number of aryl methyl sites for hydroxylation is 2. The molecule has 1 aromatic heterocycles. The van der Waals surface area contributed by atoms with Crippen LogP contribution in [-0.4, -0.2) is 21.4 Å². The third-order valence-electron chi connectivity index (χ3n) is 3.07. The molecule has 0 aliphatic rings. The molecule has 17 heavy (non-hydrogen) atoms. The van der Waals surface area contributed by atoms with Gasteiger partial charge in [0.2, 0.25) is 0 Å². The van der Waals surface area contributed by atoms with Gasteiger partial charge < -0.3 is 14.8 Å². The van der Waals surface area contributed by atoms with E-state index in [1.165, 1.54) is 5.56 Å². The summed E-state index contributed by atoms with van der Waals surface area (Å²) in [4.78, 5) is 0. The van der Waals surface area contributed by atoms with Crippen molar-refractivity contribution in [3.05, 3.63) is 35.5 Å². The molecule has 1 unspecified atom stereocenters. The summed E-state index contributed by atoms with van der Waals surface area (Å²) in [5, 5.41) is 19.8. The van der Waals surface area contributed by atoms with Crippen molar-refractivity contribution < 1.29 is 10.2 Å². The first-order valence-corrected chi connectivity index (χ1v) is 6.02. The standard InChI is InChI=1S/C14H19NO2/c1-10-4-5-14-12(8-10)13(11(2)17)9-15(14)6-3-7-16/h4-5,8-9,11,16-17H,3,6-7H2,1-2H3. The molecule has 0 bridgehead atoms. The number of hydrogen-bond donors (Lipinski definition) is 2. The minimum atomic E-state index is -0.463. The molecule has 2 rings (SSSR count). The van der Waals surface area contributed by atoms with E-state index in [9.17, 15) is 5.11 Å². The van der Waals surface area contributed by atoms with E-state index >= 15 is 0 Å². The van der Waals surface area contributed by atoms with Gasteiger partial charge in [0.05, 0.1) is 6.10 Å². The van der Waals surface area contributed by atoms with Gasteiger partial charge in [-0.05, 0) is 32.4 Å². The Morgan fingerprint density at radius 1 is 1.35 bits per heavy atom. The summed E-state index contributed by atoms with van der Waals surface area (Å²) < 4.78 is 2.10. The molecule has 3 nitrogen and oxygen atoms in total. The lowest BCUT2D eigenvalue weighted by atomic mass is 10.1. The van der Waals surface area contributed by atoms with Crippen molar-refractivity contribution in [1.29, 1.82) is 0 Å². The van der Waals surface area contributed by atoms with Crippen LogP contribution in [-0.2, 0) is 6.54 Å². The number of rotatable bonds is 4. The quantitative estimate of drug-likeness (QED) is 0.851. The molecule has 3 heteroatoms. The molecule has 0 amide bonds. The minimum Gasteiger partial charge on any atom is -0.396 e. The average molecular weight is 233 g/mol. The topological polar surface area (TPSA) is 45.4 Å². The monoisotopic (exact) mass is 233 g/mol. The fraction of sp³-hybridized carbons (Fsp3) is 0.429. The van der Waals surface area contributed by atoms with Gasteiger partial charge in [0.15, 0.2) is 0 Å². The highest BCUT2D eigenvalue weighted by Crippen LogP contribution is 2.27. The Kier molecular flexibility index (Phi) is 3.50. The summed E-state index contributed by atoms with van der Waals surface area (Å²) >= 11 is 0. The number of aliphatic hydroxyl groups excluding tert-OH is 2. The van der Waals surface area contributed by atoms with Gasteiger partial charge in [-0.2, -0.15) is 0 Å². The van der Waals surface area contributed by atoms with Gasteiger partial charge in [-0.25, -0.2) is 0 Å². The molecule has 0 radical (unpaired) electrons. The van der Waals surface area contributed by atoms with Crippen LogP contribution in [0.3, 0.4) is 0 Å². The molecule has 2 N–H and O–H groups in total. The van der Waals surface area contributed by atoms with E-state index in [2.05, 4.69) is 29.7 Å². The maximum atomic E-state index is 9.79. The van der Waals surface area contributed by atoms with E-state index in [-0.39, 0.29) is 6.61 Å². The Balaban J connectivity index is 2.54. The molecule has 2 aromatic rings. The molecule has 0 aliphatic heterocycles. The number of aliphatic hydroxyl groups is 2. The second-order valence-corrected chi connectivity index (χ2v) is 4.55. The molecule has 0 saturated carbocycles. The van der Waals surface area contributed by atoms with E-state index in [0.717, 1.165) is 29.4 Å². The first kappa shape index (κ1) is 12.1. The van der Waals surface area contributed by atoms with E-state index in [0.29, 0.717) is 0 Å². The summed E-state index contributed by atoms with van der Waals surface area (Å²) in [6, 6.07) is 6.25. The van der Waals surface area contributed by atoms with Gasteiger partial charge in [-0.1, -0.05) is 11.6 Å². The zero-order valence-electron chi connectivity index (χ0n) is 10.3. The molecule has 0 fully saturated rings. The zero-order valence-corrected chi connectivity index (χ0v) is 10.3. The van der Waals surface area contributed by atoms with Gasteiger partial charge in [0, 0.05) is 35.8 Å². The molecule has 92 valence electrons. The average Bonchev–Trinajstić information content (AvgIpc) is 2.64. The van der Waals surface area contributed by atoms with Crippen LogP contribution in [0.25, 0.3) is 10.9 Å². The maximum absolute atomic E-state index is 9.79. The van der Waals surface area contributed by atoms with Crippen LogP contribution in [0.2, 0.25) is 0 Å². The molecule has 0 aliphatic carbocycles. The van der Waals surface area contributed by atoms with Crippen LogP contribution >= 0.6 is 0 Å². The van der Waals surface area contributed by atoms with Crippen LogP contribution in [0.4, 0.5) is 0 Å². The largest absolute Gasteiger partial charge is 0.396 e. The smallest absolute Gasteiger partial charge is 0.0782 e. The lowest BCUT2D eigenvalue weighted by Crippen LogP contribution is -1.98. The fourth-order valence-electron chi connectivity index (χ4n) is 2.20. The van der Waals surface area contributed by atoms with Gasteiger partial charge in [0.1, 0.15) is 0 Å².